The van der Waals surface area contributed by atoms with Gasteiger partial charge < -0.3 is 15.5 Å². The second-order valence-corrected chi connectivity index (χ2v) is 10.1. The normalized spacial score (nSPS) is 14.8. The van der Waals surface area contributed by atoms with Crippen molar-refractivity contribution < 1.29 is 9.59 Å². The van der Waals surface area contributed by atoms with E-state index in [1.807, 2.05) is 30.3 Å². The van der Waals surface area contributed by atoms with Gasteiger partial charge in [0.25, 0.3) is 5.91 Å². The summed E-state index contributed by atoms with van der Waals surface area (Å²) in [5.41, 5.74) is 4.61. The zero-order chi connectivity index (χ0) is 25.3. The molecule has 188 valence electrons. The Morgan fingerprint density at radius 3 is 2.22 bits per heavy atom. The number of amides is 2. The summed E-state index contributed by atoms with van der Waals surface area (Å²) in [6.45, 7) is 3.96. The first-order valence-electron chi connectivity index (χ1n) is 12.7. The molecule has 2 N–H and O–H groups in total. The third kappa shape index (κ3) is 7.11. The second-order valence-electron chi connectivity index (χ2n) is 9.45. The van der Waals surface area contributed by atoms with E-state index >= 15 is 0 Å². The summed E-state index contributed by atoms with van der Waals surface area (Å²) >= 11 is 5.93. The first-order valence-corrected chi connectivity index (χ1v) is 13.1. The topological polar surface area (TPSA) is 61.4 Å². The molecule has 0 radical (unpaired) electrons. The van der Waals surface area contributed by atoms with Gasteiger partial charge in [-0.3, -0.25) is 9.59 Å². The molecule has 3 aromatic carbocycles. The Kier molecular flexibility index (Phi) is 9.01. The molecular weight excluding hydrogens is 470 g/mol. The summed E-state index contributed by atoms with van der Waals surface area (Å²) < 4.78 is 0. The molecule has 1 heterocycles. The van der Waals surface area contributed by atoms with Gasteiger partial charge in [0, 0.05) is 31.0 Å². The van der Waals surface area contributed by atoms with Gasteiger partial charge in [-0.1, -0.05) is 60.7 Å². The maximum Gasteiger partial charge on any atom is 0.253 e. The lowest BCUT2D eigenvalue weighted by atomic mass is 9.89. The fraction of sp³-hybridized carbons (Fsp3) is 0.333. The van der Waals surface area contributed by atoms with Gasteiger partial charge >= 0.3 is 0 Å². The highest BCUT2D eigenvalue weighted by atomic mass is 35.5. The summed E-state index contributed by atoms with van der Waals surface area (Å²) in [6, 6.07) is 26.3. The van der Waals surface area contributed by atoms with Crippen LogP contribution in [0, 0.1) is 5.92 Å². The number of carbonyl (C=O) groups is 2. The molecule has 0 aliphatic carbocycles. The fourth-order valence-electron chi connectivity index (χ4n) is 4.70. The molecule has 6 heteroatoms. The third-order valence-corrected chi connectivity index (χ3v) is 6.93. The van der Waals surface area contributed by atoms with E-state index in [0.717, 1.165) is 44.5 Å². The van der Waals surface area contributed by atoms with E-state index in [2.05, 4.69) is 58.0 Å². The van der Waals surface area contributed by atoms with Crippen molar-refractivity contribution in [1.82, 2.24) is 5.32 Å². The van der Waals surface area contributed by atoms with Crippen LogP contribution in [0.4, 0.5) is 11.4 Å². The highest BCUT2D eigenvalue weighted by molar-refractivity contribution is 6.32. The Bertz CT molecular complexity index is 1140. The molecule has 2 amide bonds. The molecule has 36 heavy (non-hydrogen) atoms. The summed E-state index contributed by atoms with van der Waals surface area (Å²) in [5.74, 6) is 0.208. The number of hydrogen-bond acceptors (Lipinski definition) is 3. The van der Waals surface area contributed by atoms with Crippen molar-refractivity contribution in [3.63, 3.8) is 0 Å². The Morgan fingerprint density at radius 2 is 1.58 bits per heavy atom. The van der Waals surface area contributed by atoms with E-state index in [4.69, 9.17) is 11.6 Å². The zero-order valence-corrected chi connectivity index (χ0v) is 21.5. The largest absolute Gasteiger partial charge is 0.371 e. The molecule has 1 atom stereocenters. The van der Waals surface area contributed by atoms with Crippen LogP contribution in [0.15, 0.2) is 78.9 Å². The average molecular weight is 504 g/mol. The van der Waals surface area contributed by atoms with Crippen LogP contribution >= 0.6 is 11.6 Å². The predicted octanol–water partition coefficient (Wildman–Crippen LogP) is 5.68. The van der Waals surface area contributed by atoms with Crippen molar-refractivity contribution in [3.8, 4) is 0 Å². The van der Waals surface area contributed by atoms with E-state index in [9.17, 15) is 9.59 Å². The molecule has 0 saturated carbocycles. The van der Waals surface area contributed by atoms with Gasteiger partial charge in [-0.25, -0.2) is 0 Å². The number of nitrogens with one attached hydrogen (secondary N) is 2. The molecular formula is C30H34ClN3O2. The Labute approximate surface area is 218 Å². The maximum absolute atomic E-state index is 13.3. The number of rotatable bonds is 9. The average Bonchev–Trinajstić information content (AvgIpc) is 2.90. The number of hydrogen-bond donors (Lipinski definition) is 2. The summed E-state index contributed by atoms with van der Waals surface area (Å²) in [7, 11) is 0. The number of halogens is 1. The molecule has 1 fully saturated rings. The van der Waals surface area contributed by atoms with Gasteiger partial charge in [-0.2, -0.15) is 0 Å². The van der Waals surface area contributed by atoms with E-state index < -0.39 is 5.38 Å². The fourth-order valence-corrected chi connectivity index (χ4v) is 4.75. The smallest absolute Gasteiger partial charge is 0.253 e. The number of benzene rings is 3. The first-order chi connectivity index (χ1) is 17.5. The van der Waals surface area contributed by atoms with Crippen molar-refractivity contribution in [2.45, 2.75) is 38.0 Å². The van der Waals surface area contributed by atoms with Crippen LogP contribution in [0.3, 0.4) is 0 Å². The molecule has 0 bridgehead atoms. The van der Waals surface area contributed by atoms with Crippen molar-refractivity contribution in [2.75, 3.05) is 29.9 Å². The van der Waals surface area contributed by atoms with Gasteiger partial charge in [-0.05, 0) is 67.9 Å². The van der Waals surface area contributed by atoms with Gasteiger partial charge in [0.15, 0.2) is 0 Å². The van der Waals surface area contributed by atoms with Crippen LogP contribution in [0.1, 0.15) is 41.3 Å². The molecule has 1 aliphatic heterocycles. The highest BCUT2D eigenvalue weighted by Crippen LogP contribution is 2.30. The summed E-state index contributed by atoms with van der Waals surface area (Å²) in [4.78, 5) is 27.7. The van der Waals surface area contributed by atoms with Crippen LogP contribution < -0.4 is 15.5 Å². The van der Waals surface area contributed by atoms with Crippen LogP contribution in [-0.2, 0) is 17.6 Å². The lowest BCUT2D eigenvalue weighted by Crippen LogP contribution is -2.36. The van der Waals surface area contributed by atoms with E-state index in [1.165, 1.54) is 11.1 Å². The van der Waals surface area contributed by atoms with Crippen molar-refractivity contribution in [2.24, 2.45) is 5.92 Å². The molecule has 5 nitrogen and oxygen atoms in total. The number of piperidine rings is 1. The van der Waals surface area contributed by atoms with Crippen LogP contribution in [0.2, 0.25) is 0 Å². The standard InChI is InChI=1S/C30H34ClN3O2/c1-22(31)29(35)33-26-12-13-28(27(21-26)30(36)32-17-14-23-8-4-2-5-9-23)34-18-15-25(16-19-34)20-24-10-6-3-7-11-24/h2-13,21-22,25H,14-20H2,1H3,(H,32,36)(H,33,35)/t22-/m1/s1. The Morgan fingerprint density at radius 1 is 0.944 bits per heavy atom. The lowest BCUT2D eigenvalue weighted by Gasteiger charge is -2.35. The second kappa shape index (κ2) is 12.6. The Balaban J connectivity index is 1.45. The maximum atomic E-state index is 13.3. The molecule has 3 aromatic rings. The van der Waals surface area contributed by atoms with Crippen molar-refractivity contribution in [1.29, 1.82) is 0 Å². The van der Waals surface area contributed by atoms with Crippen molar-refractivity contribution in [3.05, 3.63) is 95.6 Å². The van der Waals surface area contributed by atoms with Crippen molar-refractivity contribution >= 4 is 34.8 Å². The monoisotopic (exact) mass is 503 g/mol. The van der Waals surface area contributed by atoms with Gasteiger partial charge in [-0.15, -0.1) is 11.6 Å². The molecule has 0 unspecified atom stereocenters. The van der Waals surface area contributed by atoms with Crippen LogP contribution in [0.5, 0.6) is 0 Å². The number of carbonyl (C=O) groups excluding carboxylic acids is 2. The van der Waals surface area contributed by atoms with Gasteiger partial charge in [0.05, 0.1) is 5.56 Å². The van der Waals surface area contributed by atoms with Crippen LogP contribution in [0.25, 0.3) is 0 Å². The lowest BCUT2D eigenvalue weighted by molar-refractivity contribution is -0.115. The molecule has 1 aliphatic rings. The third-order valence-electron chi connectivity index (χ3n) is 6.73. The molecule has 0 spiro atoms. The summed E-state index contributed by atoms with van der Waals surface area (Å²) in [5, 5.41) is 5.22. The van der Waals surface area contributed by atoms with Gasteiger partial charge in [0.2, 0.25) is 5.91 Å². The van der Waals surface area contributed by atoms with E-state index in [0.29, 0.717) is 23.7 Å². The molecule has 4 rings (SSSR count). The zero-order valence-electron chi connectivity index (χ0n) is 20.8. The minimum absolute atomic E-state index is 0.137. The van der Waals surface area contributed by atoms with Crippen LogP contribution in [-0.4, -0.2) is 36.8 Å². The minimum Gasteiger partial charge on any atom is -0.371 e. The number of nitrogens with zero attached hydrogens (tertiary/aromatic N) is 1. The van der Waals surface area contributed by atoms with Gasteiger partial charge in [0.1, 0.15) is 5.38 Å². The quantitative estimate of drug-likeness (QED) is 0.369. The van der Waals surface area contributed by atoms with E-state index in [-0.39, 0.29) is 11.8 Å². The highest BCUT2D eigenvalue weighted by Gasteiger charge is 2.24. The number of anilines is 2. The number of alkyl halides is 1. The predicted molar refractivity (Wildman–Crippen MR) is 148 cm³/mol. The summed E-state index contributed by atoms with van der Waals surface area (Å²) in [6.07, 6.45) is 3.99. The SMILES string of the molecule is C[C@@H](Cl)C(=O)Nc1ccc(N2CCC(Cc3ccccc3)CC2)c(C(=O)NCCc2ccccc2)c1. The molecule has 1 saturated heterocycles. The Hall–Kier alpha value is -3.31. The first kappa shape index (κ1) is 25.8. The molecule has 0 aromatic heterocycles. The van der Waals surface area contributed by atoms with E-state index in [1.54, 1.807) is 13.0 Å². The minimum atomic E-state index is -0.656.